The largest absolute Gasteiger partial charge is 0.359 e. The van der Waals surface area contributed by atoms with E-state index in [0.29, 0.717) is 13.1 Å². The van der Waals surface area contributed by atoms with Crippen LogP contribution in [0.3, 0.4) is 0 Å². The molecule has 1 amide bonds. The van der Waals surface area contributed by atoms with E-state index in [4.69, 9.17) is 0 Å². The van der Waals surface area contributed by atoms with E-state index in [0.717, 1.165) is 5.82 Å². The molecule has 0 unspecified atom stereocenters. The first-order chi connectivity index (χ1) is 8.38. The Bertz CT molecular complexity index is 397. The summed E-state index contributed by atoms with van der Waals surface area (Å²) >= 11 is 0. The zero-order valence-corrected chi connectivity index (χ0v) is 11.8. The molecule has 0 radical (unpaired) electrons. The van der Waals surface area contributed by atoms with Crippen LogP contribution >= 0.6 is 0 Å². The predicted molar refractivity (Wildman–Crippen MR) is 70.0 cm³/mol. The normalized spacial score (nSPS) is 11.9. The fraction of sp³-hybridized carbons (Fsp3) is 0.750. The Hall–Kier alpha value is -1.43. The molecule has 0 fully saturated rings. The van der Waals surface area contributed by atoms with Gasteiger partial charge in [0.2, 0.25) is 5.91 Å². The minimum atomic E-state index is -0.433. The van der Waals surface area contributed by atoms with Gasteiger partial charge in [-0.15, -0.1) is 0 Å². The van der Waals surface area contributed by atoms with Gasteiger partial charge < -0.3 is 10.6 Å². The van der Waals surface area contributed by atoms with Gasteiger partial charge >= 0.3 is 0 Å². The molecule has 0 bridgehead atoms. The maximum Gasteiger partial charge on any atom is 0.226 e. The molecule has 0 aliphatic rings. The second-order valence-corrected chi connectivity index (χ2v) is 5.28. The molecule has 0 saturated heterocycles. The average Bonchev–Trinajstić information content (AvgIpc) is 2.76. The first-order valence-electron chi connectivity index (χ1n) is 6.19. The van der Waals surface area contributed by atoms with Crippen molar-refractivity contribution in [3.8, 4) is 0 Å². The molecule has 0 saturated carbocycles. The van der Waals surface area contributed by atoms with Crippen molar-refractivity contribution in [2.45, 2.75) is 40.3 Å². The molecule has 2 N–H and O–H groups in total. The van der Waals surface area contributed by atoms with Gasteiger partial charge in [0.25, 0.3) is 0 Å². The molecule has 0 atom stereocenters. The Labute approximate surface area is 108 Å². The summed E-state index contributed by atoms with van der Waals surface area (Å²) in [5.74, 6) is 0.915. The van der Waals surface area contributed by atoms with Crippen molar-refractivity contribution in [2.24, 2.45) is 5.41 Å². The van der Waals surface area contributed by atoms with Crippen LogP contribution in [0.5, 0.6) is 0 Å². The molecule has 1 heterocycles. The molecule has 102 valence electrons. The summed E-state index contributed by atoms with van der Waals surface area (Å²) in [5.41, 5.74) is -0.433. The van der Waals surface area contributed by atoms with Crippen LogP contribution < -0.4 is 10.6 Å². The average molecular weight is 253 g/mol. The van der Waals surface area contributed by atoms with Gasteiger partial charge in [-0.05, 0) is 27.7 Å². The molecule has 0 aliphatic heterocycles. The maximum atomic E-state index is 11.6. The van der Waals surface area contributed by atoms with Gasteiger partial charge in [0.1, 0.15) is 12.2 Å². The van der Waals surface area contributed by atoms with E-state index >= 15 is 0 Å². The van der Waals surface area contributed by atoms with E-state index in [-0.39, 0.29) is 11.9 Å². The fourth-order valence-corrected chi connectivity index (χ4v) is 1.74. The van der Waals surface area contributed by atoms with E-state index in [1.165, 1.54) is 0 Å². The first kappa shape index (κ1) is 14.6. The van der Waals surface area contributed by atoms with Crippen LogP contribution in [0.1, 0.15) is 39.6 Å². The maximum absolute atomic E-state index is 11.6. The molecule has 18 heavy (non-hydrogen) atoms. The van der Waals surface area contributed by atoms with Crippen molar-refractivity contribution in [2.75, 3.05) is 13.6 Å². The second-order valence-electron chi connectivity index (χ2n) is 5.28. The molecule has 1 aromatic heterocycles. The summed E-state index contributed by atoms with van der Waals surface area (Å²) in [7, 11) is 1.65. The van der Waals surface area contributed by atoms with E-state index in [1.807, 2.05) is 18.5 Å². The highest BCUT2D eigenvalue weighted by atomic mass is 16.2. The number of hydrogen-bond donors (Lipinski definition) is 2. The Kier molecular flexibility index (Phi) is 4.84. The van der Waals surface area contributed by atoms with E-state index in [9.17, 15) is 4.79 Å². The van der Waals surface area contributed by atoms with Crippen molar-refractivity contribution in [1.29, 1.82) is 0 Å². The van der Waals surface area contributed by atoms with Gasteiger partial charge in [0.05, 0.1) is 12.0 Å². The number of carbonyl (C=O) groups is 1. The lowest BCUT2D eigenvalue weighted by atomic mass is 9.92. The lowest BCUT2D eigenvalue weighted by Gasteiger charge is -2.23. The Morgan fingerprint density at radius 1 is 1.50 bits per heavy atom. The molecule has 6 heteroatoms. The molecule has 6 nitrogen and oxygen atoms in total. The summed E-state index contributed by atoms with van der Waals surface area (Å²) in [6.45, 7) is 9.15. The SMILES string of the molecule is CNC(=O)C(C)(C)CNCc1ncnn1C(C)C. The molecular formula is C12H23N5O. The number of amides is 1. The van der Waals surface area contributed by atoms with E-state index < -0.39 is 5.41 Å². The summed E-state index contributed by atoms with van der Waals surface area (Å²) in [5, 5.41) is 10.1. The summed E-state index contributed by atoms with van der Waals surface area (Å²) in [4.78, 5) is 15.8. The van der Waals surface area contributed by atoms with Crippen LogP contribution in [0.25, 0.3) is 0 Å². The second kappa shape index (κ2) is 5.95. The van der Waals surface area contributed by atoms with Crippen LogP contribution in [-0.2, 0) is 11.3 Å². The minimum Gasteiger partial charge on any atom is -0.359 e. The molecule has 1 rings (SSSR count). The third-order valence-electron chi connectivity index (χ3n) is 2.83. The molecule has 0 aliphatic carbocycles. The van der Waals surface area contributed by atoms with Crippen LogP contribution in [0.2, 0.25) is 0 Å². The quantitative estimate of drug-likeness (QED) is 0.783. The summed E-state index contributed by atoms with van der Waals surface area (Å²) in [6.07, 6.45) is 1.56. The zero-order valence-electron chi connectivity index (χ0n) is 11.8. The van der Waals surface area contributed by atoms with Gasteiger partial charge in [0, 0.05) is 19.6 Å². The monoisotopic (exact) mass is 253 g/mol. The van der Waals surface area contributed by atoms with E-state index in [1.54, 1.807) is 13.4 Å². The van der Waals surface area contributed by atoms with Crippen LogP contribution in [0, 0.1) is 5.41 Å². The Morgan fingerprint density at radius 2 is 2.17 bits per heavy atom. The summed E-state index contributed by atoms with van der Waals surface area (Å²) in [6, 6.07) is 0.288. The number of nitrogens with zero attached hydrogens (tertiary/aromatic N) is 3. The number of hydrogen-bond acceptors (Lipinski definition) is 4. The Balaban J connectivity index is 2.51. The van der Waals surface area contributed by atoms with Crippen LogP contribution in [0.4, 0.5) is 0 Å². The molecular weight excluding hydrogens is 230 g/mol. The lowest BCUT2D eigenvalue weighted by Crippen LogP contribution is -2.42. The Morgan fingerprint density at radius 3 is 2.72 bits per heavy atom. The predicted octanol–water partition coefficient (Wildman–Crippen LogP) is 0.721. The number of aromatic nitrogens is 3. The van der Waals surface area contributed by atoms with Gasteiger partial charge in [-0.2, -0.15) is 5.10 Å². The third kappa shape index (κ3) is 3.53. The van der Waals surface area contributed by atoms with E-state index in [2.05, 4.69) is 34.6 Å². The van der Waals surface area contributed by atoms with Crippen molar-refractivity contribution in [1.82, 2.24) is 25.4 Å². The summed E-state index contributed by atoms with van der Waals surface area (Å²) < 4.78 is 1.87. The number of nitrogens with one attached hydrogen (secondary N) is 2. The van der Waals surface area contributed by atoms with Gasteiger partial charge in [-0.3, -0.25) is 4.79 Å². The van der Waals surface area contributed by atoms with Crippen LogP contribution in [-0.4, -0.2) is 34.3 Å². The lowest BCUT2D eigenvalue weighted by molar-refractivity contribution is -0.128. The smallest absolute Gasteiger partial charge is 0.226 e. The van der Waals surface area contributed by atoms with Crippen molar-refractivity contribution >= 4 is 5.91 Å². The van der Waals surface area contributed by atoms with Crippen molar-refractivity contribution in [3.05, 3.63) is 12.2 Å². The number of rotatable bonds is 6. The zero-order chi connectivity index (χ0) is 13.8. The van der Waals surface area contributed by atoms with Crippen molar-refractivity contribution in [3.63, 3.8) is 0 Å². The molecule has 0 aromatic carbocycles. The third-order valence-corrected chi connectivity index (χ3v) is 2.83. The highest BCUT2D eigenvalue weighted by molar-refractivity contribution is 5.81. The minimum absolute atomic E-state index is 0.0281. The van der Waals surface area contributed by atoms with Gasteiger partial charge in [-0.25, -0.2) is 9.67 Å². The van der Waals surface area contributed by atoms with Gasteiger partial charge in [-0.1, -0.05) is 0 Å². The van der Waals surface area contributed by atoms with Crippen LogP contribution in [0.15, 0.2) is 6.33 Å². The standard InChI is InChI=1S/C12H23N5O/c1-9(2)17-10(15-8-16-17)6-14-7-12(3,4)11(18)13-5/h8-9,14H,6-7H2,1-5H3,(H,13,18). The highest BCUT2D eigenvalue weighted by Gasteiger charge is 2.26. The molecule has 0 spiro atoms. The fourth-order valence-electron chi connectivity index (χ4n) is 1.74. The molecule has 1 aromatic rings. The van der Waals surface area contributed by atoms with Crippen molar-refractivity contribution < 1.29 is 4.79 Å². The highest BCUT2D eigenvalue weighted by Crippen LogP contribution is 2.13. The van der Waals surface area contributed by atoms with Gasteiger partial charge in [0.15, 0.2) is 0 Å². The first-order valence-corrected chi connectivity index (χ1v) is 6.19. The number of carbonyl (C=O) groups excluding carboxylic acids is 1. The topological polar surface area (TPSA) is 71.8 Å².